The van der Waals surface area contributed by atoms with Gasteiger partial charge in [0.25, 0.3) is 0 Å². The Hall–Kier alpha value is -0.610. The van der Waals surface area contributed by atoms with Crippen LogP contribution in [-0.4, -0.2) is 50.2 Å². The molecule has 4 nitrogen and oxygen atoms in total. The molecule has 0 aromatic rings. The van der Waals surface area contributed by atoms with Gasteiger partial charge < -0.3 is 10.1 Å². The molecule has 1 aliphatic rings. The molecule has 96 valence electrons. The standard InChI is InChI=1S/C10H20N2O2.C2H6/c1-2-3-10(13)11-4-5-12-6-8-14-9-7-12;1-2/h2-9H2,1H3,(H,11,13);1-2H3. The molecule has 1 fully saturated rings. The number of morpholine rings is 1. The molecular formula is C12H26N2O2. The van der Waals surface area contributed by atoms with Gasteiger partial charge in [0.1, 0.15) is 0 Å². The van der Waals surface area contributed by atoms with E-state index in [-0.39, 0.29) is 5.91 Å². The summed E-state index contributed by atoms with van der Waals surface area (Å²) in [6, 6.07) is 0. The SMILES string of the molecule is CC.CCCC(=O)NCCN1CCOCC1. The summed E-state index contributed by atoms with van der Waals surface area (Å²) in [5.41, 5.74) is 0. The fraction of sp³-hybridized carbons (Fsp3) is 0.917. The van der Waals surface area contributed by atoms with Gasteiger partial charge in [0.05, 0.1) is 13.2 Å². The van der Waals surface area contributed by atoms with Gasteiger partial charge >= 0.3 is 0 Å². The van der Waals surface area contributed by atoms with Crippen molar-refractivity contribution >= 4 is 5.91 Å². The normalized spacial score (nSPS) is 16.2. The van der Waals surface area contributed by atoms with E-state index in [1.165, 1.54) is 0 Å². The van der Waals surface area contributed by atoms with E-state index in [0.29, 0.717) is 6.42 Å². The highest BCUT2D eigenvalue weighted by Crippen LogP contribution is 1.94. The average Bonchev–Trinajstić information content (AvgIpc) is 2.33. The molecule has 4 heteroatoms. The quantitative estimate of drug-likeness (QED) is 0.773. The van der Waals surface area contributed by atoms with Crippen LogP contribution in [0.25, 0.3) is 0 Å². The van der Waals surface area contributed by atoms with Crippen LogP contribution in [0.1, 0.15) is 33.6 Å². The number of hydrogen-bond acceptors (Lipinski definition) is 3. The molecule has 0 spiro atoms. The summed E-state index contributed by atoms with van der Waals surface area (Å²) in [6.45, 7) is 11.3. The minimum absolute atomic E-state index is 0.167. The van der Waals surface area contributed by atoms with Crippen LogP contribution in [0, 0.1) is 0 Å². The number of carbonyl (C=O) groups is 1. The van der Waals surface area contributed by atoms with Gasteiger partial charge in [-0.25, -0.2) is 0 Å². The Morgan fingerprint density at radius 2 is 1.94 bits per heavy atom. The van der Waals surface area contributed by atoms with Crippen molar-refractivity contribution in [2.75, 3.05) is 39.4 Å². The second-order valence-electron chi connectivity index (χ2n) is 3.55. The zero-order valence-corrected chi connectivity index (χ0v) is 10.9. The molecule has 1 saturated heterocycles. The van der Waals surface area contributed by atoms with Crippen LogP contribution in [0.15, 0.2) is 0 Å². The van der Waals surface area contributed by atoms with E-state index >= 15 is 0 Å². The molecule has 1 rings (SSSR count). The maximum absolute atomic E-state index is 11.1. The molecule has 0 aliphatic carbocycles. The van der Waals surface area contributed by atoms with Crippen LogP contribution in [0.3, 0.4) is 0 Å². The number of carbonyl (C=O) groups excluding carboxylic acids is 1. The van der Waals surface area contributed by atoms with Crippen molar-refractivity contribution in [2.45, 2.75) is 33.6 Å². The fourth-order valence-electron chi connectivity index (χ4n) is 1.49. The van der Waals surface area contributed by atoms with E-state index < -0.39 is 0 Å². The lowest BCUT2D eigenvalue weighted by Gasteiger charge is -2.26. The Kier molecular flexibility index (Phi) is 10.5. The van der Waals surface area contributed by atoms with Gasteiger partial charge in [-0.3, -0.25) is 9.69 Å². The highest BCUT2D eigenvalue weighted by atomic mass is 16.5. The zero-order chi connectivity index (χ0) is 12.2. The molecular weight excluding hydrogens is 204 g/mol. The van der Waals surface area contributed by atoms with E-state index in [0.717, 1.165) is 45.8 Å². The van der Waals surface area contributed by atoms with Gasteiger partial charge in [-0.2, -0.15) is 0 Å². The van der Waals surface area contributed by atoms with Crippen LogP contribution in [-0.2, 0) is 9.53 Å². The first-order valence-electron chi connectivity index (χ1n) is 6.39. The fourth-order valence-corrected chi connectivity index (χ4v) is 1.49. The molecule has 0 radical (unpaired) electrons. The largest absolute Gasteiger partial charge is 0.379 e. The smallest absolute Gasteiger partial charge is 0.220 e. The number of rotatable bonds is 5. The van der Waals surface area contributed by atoms with Gasteiger partial charge in [-0.1, -0.05) is 20.8 Å². The Balaban J connectivity index is 0.00000106. The molecule has 1 amide bonds. The zero-order valence-electron chi connectivity index (χ0n) is 10.9. The summed E-state index contributed by atoms with van der Waals surface area (Å²) in [7, 11) is 0. The molecule has 0 atom stereocenters. The van der Waals surface area contributed by atoms with E-state index in [2.05, 4.69) is 10.2 Å². The molecule has 0 aromatic carbocycles. The van der Waals surface area contributed by atoms with Gasteiger partial charge in [0.2, 0.25) is 5.91 Å². The van der Waals surface area contributed by atoms with Crippen molar-refractivity contribution in [1.29, 1.82) is 0 Å². The van der Waals surface area contributed by atoms with E-state index in [4.69, 9.17) is 4.74 Å². The van der Waals surface area contributed by atoms with Crippen molar-refractivity contribution in [3.63, 3.8) is 0 Å². The Bertz CT molecular complexity index is 168. The molecule has 0 saturated carbocycles. The highest BCUT2D eigenvalue weighted by Gasteiger charge is 2.09. The van der Waals surface area contributed by atoms with Gasteiger partial charge in [-0.05, 0) is 6.42 Å². The lowest BCUT2D eigenvalue weighted by molar-refractivity contribution is -0.121. The lowest BCUT2D eigenvalue weighted by atomic mass is 10.3. The van der Waals surface area contributed by atoms with Crippen LogP contribution in [0.5, 0.6) is 0 Å². The van der Waals surface area contributed by atoms with E-state index in [9.17, 15) is 4.79 Å². The minimum atomic E-state index is 0.167. The van der Waals surface area contributed by atoms with Crippen LogP contribution in [0.2, 0.25) is 0 Å². The van der Waals surface area contributed by atoms with E-state index in [1.807, 2.05) is 20.8 Å². The summed E-state index contributed by atoms with van der Waals surface area (Å²) < 4.78 is 5.24. The maximum atomic E-state index is 11.1. The summed E-state index contributed by atoms with van der Waals surface area (Å²) in [5, 5.41) is 2.91. The first-order valence-corrected chi connectivity index (χ1v) is 6.39. The third kappa shape index (κ3) is 7.65. The van der Waals surface area contributed by atoms with Crippen LogP contribution >= 0.6 is 0 Å². The number of hydrogen-bond donors (Lipinski definition) is 1. The maximum Gasteiger partial charge on any atom is 0.220 e. The minimum Gasteiger partial charge on any atom is -0.379 e. The summed E-state index contributed by atoms with van der Waals surface area (Å²) in [5.74, 6) is 0.167. The molecule has 1 aliphatic heterocycles. The number of nitrogens with zero attached hydrogens (tertiary/aromatic N) is 1. The first kappa shape index (κ1) is 15.4. The first-order chi connectivity index (χ1) is 7.83. The molecule has 0 aromatic heterocycles. The Morgan fingerprint density at radius 3 is 2.50 bits per heavy atom. The van der Waals surface area contributed by atoms with Crippen molar-refractivity contribution in [2.24, 2.45) is 0 Å². The van der Waals surface area contributed by atoms with Gasteiger partial charge in [0, 0.05) is 32.6 Å². The summed E-state index contributed by atoms with van der Waals surface area (Å²) in [4.78, 5) is 13.4. The van der Waals surface area contributed by atoms with Crippen molar-refractivity contribution in [3.8, 4) is 0 Å². The highest BCUT2D eigenvalue weighted by molar-refractivity contribution is 5.75. The molecule has 1 heterocycles. The lowest BCUT2D eigenvalue weighted by Crippen LogP contribution is -2.41. The second-order valence-corrected chi connectivity index (χ2v) is 3.55. The van der Waals surface area contributed by atoms with Crippen molar-refractivity contribution in [1.82, 2.24) is 10.2 Å². The van der Waals surface area contributed by atoms with Crippen LogP contribution < -0.4 is 5.32 Å². The van der Waals surface area contributed by atoms with Gasteiger partial charge in [0.15, 0.2) is 0 Å². The second kappa shape index (κ2) is 10.9. The molecule has 0 unspecified atom stereocenters. The molecule has 16 heavy (non-hydrogen) atoms. The third-order valence-corrected chi connectivity index (χ3v) is 2.33. The monoisotopic (exact) mass is 230 g/mol. The predicted molar refractivity (Wildman–Crippen MR) is 66.5 cm³/mol. The topological polar surface area (TPSA) is 41.6 Å². The number of ether oxygens (including phenoxy) is 1. The van der Waals surface area contributed by atoms with E-state index in [1.54, 1.807) is 0 Å². The Morgan fingerprint density at radius 1 is 1.31 bits per heavy atom. The van der Waals surface area contributed by atoms with Gasteiger partial charge in [-0.15, -0.1) is 0 Å². The summed E-state index contributed by atoms with van der Waals surface area (Å²) in [6.07, 6.45) is 1.56. The third-order valence-electron chi connectivity index (χ3n) is 2.33. The molecule has 1 N–H and O–H groups in total. The van der Waals surface area contributed by atoms with Crippen molar-refractivity contribution in [3.05, 3.63) is 0 Å². The average molecular weight is 230 g/mol. The van der Waals surface area contributed by atoms with Crippen LogP contribution in [0.4, 0.5) is 0 Å². The molecule has 0 bridgehead atoms. The summed E-state index contributed by atoms with van der Waals surface area (Å²) >= 11 is 0. The number of nitrogens with one attached hydrogen (secondary N) is 1. The number of amides is 1. The Labute approximate surface area is 99.3 Å². The predicted octanol–water partition coefficient (Wildman–Crippen LogP) is 1.26. The van der Waals surface area contributed by atoms with Crippen molar-refractivity contribution < 1.29 is 9.53 Å².